The molecular weight excluding hydrogens is 493 g/mol. The van der Waals surface area contributed by atoms with Gasteiger partial charge in [0.1, 0.15) is 11.6 Å². The molecule has 0 fully saturated rings. The fraction of sp³-hybridized carbons (Fsp3) is 0.296. The van der Waals surface area contributed by atoms with Crippen LogP contribution in [-0.2, 0) is 14.3 Å². The summed E-state index contributed by atoms with van der Waals surface area (Å²) in [4.78, 5) is 52.7. The van der Waals surface area contributed by atoms with Gasteiger partial charge in [0.2, 0.25) is 11.8 Å². The van der Waals surface area contributed by atoms with Gasteiger partial charge in [-0.2, -0.15) is 0 Å². The fourth-order valence-electron chi connectivity index (χ4n) is 3.50. The van der Waals surface area contributed by atoms with E-state index in [0.717, 1.165) is 23.3 Å². The SMILES string of the molecule is CNC(=O)CN(C)c1nc2ccccc2cc1C=O.COCCNC(=O)CN(C)c1ccc(F)cc1C=O. The van der Waals surface area contributed by atoms with Crippen LogP contribution in [0.4, 0.5) is 15.9 Å². The minimum Gasteiger partial charge on any atom is -0.383 e. The van der Waals surface area contributed by atoms with Crippen LogP contribution < -0.4 is 20.4 Å². The van der Waals surface area contributed by atoms with Crippen LogP contribution >= 0.6 is 0 Å². The van der Waals surface area contributed by atoms with Gasteiger partial charge >= 0.3 is 0 Å². The molecule has 0 radical (unpaired) electrons. The highest BCUT2D eigenvalue weighted by atomic mass is 19.1. The van der Waals surface area contributed by atoms with Crippen LogP contribution in [0.25, 0.3) is 10.9 Å². The summed E-state index contributed by atoms with van der Waals surface area (Å²) in [6.45, 7) is 1.09. The Labute approximate surface area is 220 Å². The van der Waals surface area contributed by atoms with E-state index in [9.17, 15) is 23.6 Å². The maximum absolute atomic E-state index is 13.0. The summed E-state index contributed by atoms with van der Waals surface area (Å²) < 4.78 is 17.8. The topological polar surface area (TPSA) is 121 Å². The number of para-hydroxylation sites is 1. The number of aldehydes is 2. The number of likely N-dealkylation sites (N-methyl/N-ethyl adjacent to an activating group) is 3. The third kappa shape index (κ3) is 8.63. The lowest BCUT2D eigenvalue weighted by atomic mass is 10.1. The van der Waals surface area contributed by atoms with Crippen molar-refractivity contribution in [1.82, 2.24) is 15.6 Å². The van der Waals surface area contributed by atoms with Crippen molar-refractivity contribution in [2.45, 2.75) is 0 Å². The molecule has 1 heterocycles. The molecular formula is C27H32FN5O5. The Morgan fingerprint density at radius 1 is 0.974 bits per heavy atom. The molecule has 0 spiro atoms. The van der Waals surface area contributed by atoms with Crippen LogP contribution in [0.2, 0.25) is 0 Å². The zero-order valence-electron chi connectivity index (χ0n) is 21.9. The number of hydrogen-bond donors (Lipinski definition) is 2. The Bertz CT molecular complexity index is 1270. The first-order valence-corrected chi connectivity index (χ1v) is 11.7. The van der Waals surface area contributed by atoms with Gasteiger partial charge in [0.05, 0.1) is 30.8 Å². The van der Waals surface area contributed by atoms with Gasteiger partial charge in [-0.3, -0.25) is 19.2 Å². The number of methoxy groups -OCH3 is 1. The first-order valence-electron chi connectivity index (χ1n) is 11.7. The molecule has 0 saturated heterocycles. The Hall–Kier alpha value is -4.38. The molecule has 3 rings (SSSR count). The number of nitrogens with one attached hydrogen (secondary N) is 2. The Morgan fingerprint density at radius 3 is 2.32 bits per heavy atom. The van der Waals surface area contributed by atoms with Crippen molar-refractivity contribution in [2.75, 3.05) is 64.3 Å². The molecule has 0 aliphatic rings. The number of benzene rings is 2. The van der Waals surface area contributed by atoms with Crippen LogP contribution in [0.5, 0.6) is 0 Å². The summed E-state index contributed by atoms with van der Waals surface area (Å²) in [5.41, 5.74) is 2.00. The number of anilines is 2. The second-order valence-electron chi connectivity index (χ2n) is 8.26. The molecule has 0 aliphatic heterocycles. The highest BCUT2D eigenvalue weighted by Crippen LogP contribution is 2.21. The van der Waals surface area contributed by atoms with Crippen LogP contribution in [-0.4, -0.2) is 83.9 Å². The summed E-state index contributed by atoms with van der Waals surface area (Å²) in [7, 11) is 6.52. The predicted molar refractivity (Wildman–Crippen MR) is 144 cm³/mol. The third-order valence-corrected chi connectivity index (χ3v) is 5.42. The lowest BCUT2D eigenvalue weighted by Gasteiger charge is -2.20. The minimum absolute atomic E-state index is 0.0796. The van der Waals surface area contributed by atoms with E-state index in [1.54, 1.807) is 44.1 Å². The molecule has 202 valence electrons. The highest BCUT2D eigenvalue weighted by molar-refractivity contribution is 5.93. The van der Waals surface area contributed by atoms with Crippen LogP contribution in [0.1, 0.15) is 20.7 Å². The van der Waals surface area contributed by atoms with Gasteiger partial charge < -0.3 is 25.2 Å². The molecule has 3 aromatic rings. The number of amides is 2. The minimum atomic E-state index is -0.483. The Kier molecular flexibility index (Phi) is 11.8. The van der Waals surface area contributed by atoms with Gasteiger partial charge in [0.15, 0.2) is 12.6 Å². The average Bonchev–Trinajstić information content (AvgIpc) is 2.92. The number of aromatic nitrogens is 1. The van der Waals surface area contributed by atoms with Gasteiger partial charge in [-0.15, -0.1) is 0 Å². The first kappa shape index (κ1) is 29.8. The first-order chi connectivity index (χ1) is 18.2. The van der Waals surface area contributed by atoms with E-state index in [1.807, 2.05) is 24.3 Å². The summed E-state index contributed by atoms with van der Waals surface area (Å²) in [5.74, 6) is -0.295. The third-order valence-electron chi connectivity index (χ3n) is 5.42. The van der Waals surface area contributed by atoms with Crippen LogP contribution in [0.3, 0.4) is 0 Å². The van der Waals surface area contributed by atoms with Gasteiger partial charge in [-0.25, -0.2) is 9.37 Å². The van der Waals surface area contributed by atoms with Crippen molar-refractivity contribution >= 4 is 46.8 Å². The summed E-state index contributed by atoms with van der Waals surface area (Å²) in [6.07, 6.45) is 1.33. The Morgan fingerprint density at radius 2 is 1.66 bits per heavy atom. The molecule has 2 N–H and O–H groups in total. The molecule has 0 saturated carbocycles. The number of pyridine rings is 1. The van der Waals surface area contributed by atoms with Crippen molar-refractivity contribution < 1.29 is 28.3 Å². The molecule has 0 unspecified atom stereocenters. The van der Waals surface area contributed by atoms with Gasteiger partial charge in [0, 0.05) is 51.4 Å². The van der Waals surface area contributed by atoms with Crippen molar-refractivity contribution in [3.63, 3.8) is 0 Å². The molecule has 10 nitrogen and oxygen atoms in total. The quantitative estimate of drug-likeness (QED) is 0.288. The second-order valence-corrected chi connectivity index (χ2v) is 8.26. The zero-order chi connectivity index (χ0) is 28.1. The molecule has 2 aromatic carbocycles. The number of halogens is 1. The number of hydrogen-bond acceptors (Lipinski definition) is 8. The summed E-state index contributed by atoms with van der Waals surface area (Å²) >= 11 is 0. The number of fused-ring (bicyclic) bond motifs is 1. The van der Waals surface area contributed by atoms with E-state index in [-0.39, 0.29) is 30.5 Å². The fourth-order valence-corrected chi connectivity index (χ4v) is 3.50. The number of ether oxygens (including phenoxy) is 1. The largest absolute Gasteiger partial charge is 0.383 e. The molecule has 11 heteroatoms. The van der Waals surface area contributed by atoms with Gasteiger partial charge in [0.25, 0.3) is 0 Å². The molecule has 0 aliphatic carbocycles. The molecule has 1 aromatic heterocycles. The highest BCUT2D eigenvalue weighted by Gasteiger charge is 2.13. The molecule has 38 heavy (non-hydrogen) atoms. The number of rotatable bonds is 11. The maximum Gasteiger partial charge on any atom is 0.239 e. The number of carbonyl (C=O) groups excluding carboxylic acids is 4. The lowest BCUT2D eigenvalue weighted by molar-refractivity contribution is -0.120. The molecule has 0 atom stereocenters. The Balaban J connectivity index is 0.000000267. The monoisotopic (exact) mass is 525 g/mol. The van der Waals surface area contributed by atoms with Gasteiger partial charge in [-0.05, 0) is 30.3 Å². The van der Waals surface area contributed by atoms with E-state index in [1.165, 1.54) is 12.1 Å². The standard InChI is InChI=1S/C14H15N3O2.C13H17FN2O3/c1-15-13(19)8-17(2)14-11(9-18)7-10-5-3-4-6-12(10)16-14;1-16(8-13(18)15-5-6-19-2)12-4-3-11(14)7-10(12)9-17/h3-7,9H,8H2,1-2H3,(H,15,19);3-4,7,9H,5-6,8H2,1-2H3,(H,15,18). The van der Waals surface area contributed by atoms with Crippen molar-refractivity contribution in [1.29, 1.82) is 0 Å². The average molecular weight is 526 g/mol. The van der Waals surface area contributed by atoms with Crippen LogP contribution in [0, 0.1) is 5.82 Å². The van der Waals surface area contributed by atoms with Crippen molar-refractivity contribution in [3.05, 3.63) is 65.5 Å². The van der Waals surface area contributed by atoms with E-state index in [2.05, 4.69) is 15.6 Å². The number of nitrogens with zero attached hydrogens (tertiary/aromatic N) is 3. The lowest BCUT2D eigenvalue weighted by Crippen LogP contribution is -2.37. The van der Waals surface area contributed by atoms with E-state index >= 15 is 0 Å². The second kappa shape index (κ2) is 15.0. The predicted octanol–water partition coefficient (Wildman–Crippen LogP) is 2.07. The van der Waals surface area contributed by atoms with Crippen molar-refractivity contribution in [2.24, 2.45) is 0 Å². The number of carbonyl (C=O) groups is 4. The van der Waals surface area contributed by atoms with E-state index in [0.29, 0.717) is 36.5 Å². The molecule has 0 bridgehead atoms. The zero-order valence-corrected chi connectivity index (χ0v) is 21.9. The summed E-state index contributed by atoms with van der Waals surface area (Å²) in [5, 5.41) is 6.11. The maximum atomic E-state index is 13.0. The summed E-state index contributed by atoms with van der Waals surface area (Å²) in [6, 6.07) is 13.2. The van der Waals surface area contributed by atoms with E-state index in [4.69, 9.17) is 4.74 Å². The normalized spacial score (nSPS) is 10.1. The van der Waals surface area contributed by atoms with Crippen LogP contribution in [0.15, 0.2) is 48.5 Å². The van der Waals surface area contributed by atoms with Gasteiger partial charge in [-0.1, -0.05) is 18.2 Å². The van der Waals surface area contributed by atoms with Crippen molar-refractivity contribution in [3.8, 4) is 0 Å². The molecule has 2 amide bonds. The van der Waals surface area contributed by atoms with E-state index < -0.39 is 5.82 Å². The smallest absolute Gasteiger partial charge is 0.239 e.